The van der Waals surface area contributed by atoms with Crippen LogP contribution in [0.5, 0.6) is 0 Å². The third kappa shape index (κ3) is 2.84. The van der Waals surface area contributed by atoms with E-state index in [1.54, 1.807) is 0 Å². The first-order chi connectivity index (χ1) is 7.97. The molecule has 0 spiro atoms. The van der Waals surface area contributed by atoms with Gasteiger partial charge in [-0.15, -0.1) is 0 Å². The van der Waals surface area contributed by atoms with E-state index in [1.807, 2.05) is 38.1 Å². The maximum absolute atomic E-state index is 12.1. The van der Waals surface area contributed by atoms with Gasteiger partial charge in [-0.3, -0.25) is 0 Å². The van der Waals surface area contributed by atoms with E-state index >= 15 is 0 Å². The average Bonchev–Trinajstić information content (AvgIpc) is 2.85. The number of carbonyl (C=O) groups is 1. The maximum atomic E-state index is 12.1. The summed E-state index contributed by atoms with van der Waals surface area (Å²) in [5.41, 5.74) is -0.432. The van der Waals surface area contributed by atoms with Gasteiger partial charge in [0.05, 0.1) is 6.04 Å². The minimum absolute atomic E-state index is 0.116. The molecule has 1 atom stereocenters. The Morgan fingerprint density at radius 2 is 2.00 bits per heavy atom. The molecule has 5 heteroatoms. The zero-order valence-electron chi connectivity index (χ0n) is 10.7. The fraction of sp³-hybridized carbons (Fsp3) is 0.750. The highest BCUT2D eigenvalue weighted by Crippen LogP contribution is 2.23. The number of carbonyl (C=O) groups excluding carboxylic acids is 1. The van der Waals surface area contributed by atoms with Gasteiger partial charge in [0.25, 0.3) is 0 Å². The second-order valence-corrected chi connectivity index (χ2v) is 5.53. The van der Waals surface area contributed by atoms with Crippen LogP contribution in [-0.2, 0) is 4.74 Å². The third-order valence-electron chi connectivity index (χ3n) is 2.95. The van der Waals surface area contributed by atoms with Crippen molar-refractivity contribution in [2.45, 2.75) is 51.4 Å². The Morgan fingerprint density at radius 3 is 2.59 bits per heavy atom. The monoisotopic (exact) mass is 239 g/mol. The van der Waals surface area contributed by atoms with Gasteiger partial charge in [-0.05, 0) is 33.6 Å². The number of nitrogens with one attached hydrogen (secondary N) is 2. The second-order valence-electron chi connectivity index (χ2n) is 5.53. The molecule has 0 aromatic rings. The topological polar surface area (TPSA) is 53.6 Å². The summed E-state index contributed by atoms with van der Waals surface area (Å²) in [6, 6.07) is 0.167. The molecule has 0 aromatic carbocycles. The molecule has 2 N–H and O–H groups in total. The summed E-state index contributed by atoms with van der Waals surface area (Å²) < 4.78 is 5.42. The van der Waals surface area contributed by atoms with Crippen molar-refractivity contribution in [2.24, 2.45) is 0 Å². The minimum Gasteiger partial charge on any atom is -0.444 e. The molecule has 1 saturated heterocycles. The summed E-state index contributed by atoms with van der Waals surface area (Å²) in [5.74, 6) is 0. The van der Waals surface area contributed by atoms with Gasteiger partial charge in [-0.2, -0.15) is 0 Å². The van der Waals surface area contributed by atoms with Crippen LogP contribution >= 0.6 is 0 Å². The Bertz CT molecular complexity index is 314. The van der Waals surface area contributed by atoms with E-state index < -0.39 is 5.60 Å². The number of nitrogens with zero attached hydrogens (tertiary/aromatic N) is 1. The van der Waals surface area contributed by atoms with Gasteiger partial charge >= 0.3 is 6.09 Å². The van der Waals surface area contributed by atoms with Crippen LogP contribution in [0.3, 0.4) is 0 Å². The van der Waals surface area contributed by atoms with Crippen LogP contribution in [0.1, 0.15) is 33.6 Å². The second kappa shape index (κ2) is 4.47. The van der Waals surface area contributed by atoms with Crippen LogP contribution in [0.25, 0.3) is 0 Å². The van der Waals surface area contributed by atoms with Crippen molar-refractivity contribution in [1.29, 1.82) is 0 Å². The lowest BCUT2D eigenvalue weighted by Gasteiger charge is -2.31. The SMILES string of the molecule is CC(C)(C)OC(=O)N1CCCC1C1NC=CN1. The fourth-order valence-corrected chi connectivity index (χ4v) is 2.26. The molecular formula is C12H21N3O2. The molecule has 5 nitrogen and oxygen atoms in total. The van der Waals surface area contributed by atoms with Crippen molar-refractivity contribution < 1.29 is 9.53 Å². The van der Waals surface area contributed by atoms with E-state index in [1.165, 1.54) is 0 Å². The summed E-state index contributed by atoms with van der Waals surface area (Å²) >= 11 is 0. The molecule has 0 saturated carbocycles. The van der Waals surface area contributed by atoms with E-state index in [0.29, 0.717) is 0 Å². The van der Waals surface area contributed by atoms with Crippen molar-refractivity contribution >= 4 is 6.09 Å². The zero-order chi connectivity index (χ0) is 12.5. The zero-order valence-corrected chi connectivity index (χ0v) is 10.7. The first-order valence-corrected chi connectivity index (χ1v) is 6.14. The molecular weight excluding hydrogens is 218 g/mol. The molecule has 0 bridgehead atoms. The van der Waals surface area contributed by atoms with Crippen LogP contribution in [-0.4, -0.2) is 35.3 Å². The molecule has 1 amide bonds. The molecule has 2 aliphatic rings. The van der Waals surface area contributed by atoms with Gasteiger partial charge < -0.3 is 20.3 Å². The number of hydrogen-bond acceptors (Lipinski definition) is 4. The van der Waals surface area contributed by atoms with E-state index in [4.69, 9.17) is 4.74 Å². The number of amides is 1. The molecule has 0 radical (unpaired) electrons. The first kappa shape index (κ1) is 12.1. The minimum atomic E-state index is -0.432. The molecule has 0 aromatic heterocycles. The van der Waals surface area contributed by atoms with Gasteiger partial charge in [-0.25, -0.2) is 4.79 Å². The van der Waals surface area contributed by atoms with Crippen molar-refractivity contribution in [2.75, 3.05) is 6.54 Å². The molecule has 1 unspecified atom stereocenters. The summed E-state index contributed by atoms with van der Waals surface area (Å²) in [4.78, 5) is 13.9. The summed E-state index contributed by atoms with van der Waals surface area (Å²) in [6.07, 6.45) is 5.68. The van der Waals surface area contributed by atoms with Gasteiger partial charge in [0.15, 0.2) is 0 Å². The van der Waals surface area contributed by atoms with Gasteiger partial charge in [0.2, 0.25) is 0 Å². The third-order valence-corrected chi connectivity index (χ3v) is 2.95. The van der Waals surface area contributed by atoms with Crippen LogP contribution in [0.15, 0.2) is 12.4 Å². The molecule has 96 valence electrons. The molecule has 2 heterocycles. The highest BCUT2D eigenvalue weighted by molar-refractivity contribution is 5.69. The first-order valence-electron chi connectivity index (χ1n) is 6.14. The van der Waals surface area contributed by atoms with Crippen LogP contribution in [0.4, 0.5) is 4.79 Å². The predicted octanol–water partition coefficient (Wildman–Crippen LogP) is 1.38. The lowest BCUT2D eigenvalue weighted by atomic mass is 10.1. The Kier molecular flexibility index (Phi) is 3.17. The fourth-order valence-electron chi connectivity index (χ4n) is 2.26. The molecule has 2 aliphatic heterocycles. The summed E-state index contributed by atoms with van der Waals surface area (Å²) in [7, 11) is 0. The van der Waals surface area contributed by atoms with Crippen LogP contribution in [0, 0.1) is 0 Å². The van der Waals surface area contributed by atoms with E-state index in [-0.39, 0.29) is 18.3 Å². The van der Waals surface area contributed by atoms with E-state index in [0.717, 1.165) is 19.4 Å². The number of rotatable bonds is 1. The predicted molar refractivity (Wildman–Crippen MR) is 65.2 cm³/mol. The van der Waals surface area contributed by atoms with Crippen molar-refractivity contribution in [3.8, 4) is 0 Å². The van der Waals surface area contributed by atoms with E-state index in [9.17, 15) is 4.79 Å². The van der Waals surface area contributed by atoms with Crippen LogP contribution < -0.4 is 10.6 Å². The van der Waals surface area contributed by atoms with Crippen molar-refractivity contribution in [3.05, 3.63) is 12.4 Å². The lowest BCUT2D eigenvalue weighted by Crippen LogP contribution is -2.52. The van der Waals surface area contributed by atoms with Gasteiger partial charge in [0, 0.05) is 18.9 Å². The largest absolute Gasteiger partial charge is 0.444 e. The maximum Gasteiger partial charge on any atom is 0.410 e. The molecule has 17 heavy (non-hydrogen) atoms. The Labute approximate surface area is 102 Å². The number of hydrogen-bond donors (Lipinski definition) is 2. The standard InChI is InChI=1S/C12H21N3O2/c1-12(2,3)17-11(16)15-8-4-5-9(15)10-13-6-7-14-10/h6-7,9-10,13-14H,4-5,8H2,1-3H3. The molecule has 1 fully saturated rings. The quantitative estimate of drug-likeness (QED) is 0.726. The van der Waals surface area contributed by atoms with E-state index in [2.05, 4.69) is 10.6 Å². The molecule has 0 aliphatic carbocycles. The smallest absolute Gasteiger partial charge is 0.410 e. The normalized spacial score (nSPS) is 24.6. The highest BCUT2D eigenvalue weighted by atomic mass is 16.6. The Balaban J connectivity index is 1.97. The van der Waals surface area contributed by atoms with Crippen LogP contribution in [0.2, 0.25) is 0 Å². The van der Waals surface area contributed by atoms with Crippen molar-refractivity contribution in [3.63, 3.8) is 0 Å². The molecule has 2 rings (SSSR count). The summed E-state index contributed by atoms with van der Waals surface area (Å²) in [5, 5.41) is 6.41. The Morgan fingerprint density at radius 1 is 1.35 bits per heavy atom. The average molecular weight is 239 g/mol. The van der Waals surface area contributed by atoms with Crippen molar-refractivity contribution in [1.82, 2.24) is 15.5 Å². The number of likely N-dealkylation sites (tertiary alicyclic amines) is 1. The Hall–Kier alpha value is -1.39. The highest BCUT2D eigenvalue weighted by Gasteiger charge is 2.37. The number of ether oxygens (including phenoxy) is 1. The lowest BCUT2D eigenvalue weighted by molar-refractivity contribution is 0.0196. The summed E-state index contributed by atoms with van der Waals surface area (Å²) in [6.45, 7) is 6.45. The van der Waals surface area contributed by atoms with Gasteiger partial charge in [-0.1, -0.05) is 0 Å². The van der Waals surface area contributed by atoms with Gasteiger partial charge in [0.1, 0.15) is 11.8 Å².